The average Bonchev–Trinajstić information content (AvgIpc) is 2.39. The number of carbonyl (C=O) groups is 1. The average molecular weight is 319 g/mol. The number of nitrogens with zero attached hydrogens (tertiary/aromatic N) is 1. The summed E-state index contributed by atoms with van der Waals surface area (Å²) in [7, 11) is 0. The van der Waals surface area contributed by atoms with Crippen molar-refractivity contribution in [3.05, 3.63) is 34.3 Å². The van der Waals surface area contributed by atoms with Crippen LogP contribution in [0.1, 0.15) is 5.56 Å². The van der Waals surface area contributed by atoms with E-state index in [-0.39, 0.29) is 5.56 Å². The second kappa shape index (κ2) is 5.32. The molecule has 1 heterocycles. The van der Waals surface area contributed by atoms with E-state index in [1.807, 2.05) is 0 Å². The van der Waals surface area contributed by atoms with Gasteiger partial charge >= 0.3 is 5.92 Å². The fourth-order valence-corrected chi connectivity index (χ4v) is 2.11. The predicted octanol–water partition coefficient (Wildman–Crippen LogP) is 1.97. The van der Waals surface area contributed by atoms with Gasteiger partial charge in [-0.3, -0.25) is 4.79 Å². The van der Waals surface area contributed by atoms with E-state index in [4.69, 9.17) is 0 Å². The van der Waals surface area contributed by atoms with E-state index < -0.39 is 11.8 Å². The summed E-state index contributed by atoms with van der Waals surface area (Å²) in [5.41, 5.74) is -0.269. The van der Waals surface area contributed by atoms with E-state index in [1.165, 1.54) is 29.2 Å². The number of hydrogen-bond donors (Lipinski definition) is 1. The topological polar surface area (TPSA) is 32.3 Å². The van der Waals surface area contributed by atoms with Gasteiger partial charge in [-0.2, -0.15) is 8.78 Å². The zero-order chi connectivity index (χ0) is 13.2. The molecule has 1 saturated heterocycles. The lowest BCUT2D eigenvalue weighted by molar-refractivity contribution is -0.159. The largest absolute Gasteiger partial charge is 0.349 e. The Morgan fingerprint density at radius 3 is 2.33 bits per heavy atom. The molecule has 1 aliphatic rings. The molecule has 0 saturated carbocycles. The van der Waals surface area contributed by atoms with Gasteiger partial charge < -0.3 is 10.2 Å². The van der Waals surface area contributed by atoms with Gasteiger partial charge in [0.05, 0.1) is 0 Å². The number of halogens is 3. The van der Waals surface area contributed by atoms with E-state index in [2.05, 4.69) is 21.2 Å². The van der Waals surface area contributed by atoms with Crippen molar-refractivity contribution in [1.29, 1.82) is 0 Å². The molecule has 2 rings (SSSR count). The Morgan fingerprint density at radius 1 is 1.22 bits per heavy atom. The van der Waals surface area contributed by atoms with Crippen molar-refractivity contribution < 1.29 is 13.6 Å². The van der Waals surface area contributed by atoms with E-state index in [0.29, 0.717) is 30.7 Å². The number of alkyl halides is 2. The molecule has 1 aromatic carbocycles. The second-order valence-corrected chi connectivity index (χ2v) is 5.04. The molecule has 0 radical (unpaired) electrons. The molecule has 0 unspecified atom stereocenters. The van der Waals surface area contributed by atoms with Crippen LogP contribution in [0.2, 0.25) is 0 Å². The summed E-state index contributed by atoms with van der Waals surface area (Å²) >= 11 is 3.18. The Balaban J connectivity index is 2.18. The third-order valence-corrected chi connectivity index (χ3v) is 3.41. The van der Waals surface area contributed by atoms with Crippen LogP contribution in [0.15, 0.2) is 28.7 Å². The minimum atomic E-state index is -3.46. The quantitative estimate of drug-likeness (QED) is 0.904. The van der Waals surface area contributed by atoms with Crippen LogP contribution >= 0.6 is 15.9 Å². The van der Waals surface area contributed by atoms with Crippen LogP contribution in [0.3, 0.4) is 0 Å². The number of carbonyl (C=O) groups excluding carboxylic acids is 1. The molecule has 98 valence electrons. The van der Waals surface area contributed by atoms with Crippen molar-refractivity contribution in [3.63, 3.8) is 0 Å². The Labute approximate surface area is 112 Å². The molecule has 1 aromatic rings. The van der Waals surface area contributed by atoms with Gasteiger partial charge in [-0.25, -0.2) is 0 Å². The maximum absolute atomic E-state index is 14.0. The molecular formula is C12H13BrF2N2O. The first kappa shape index (κ1) is 13.4. The van der Waals surface area contributed by atoms with E-state index in [1.54, 1.807) is 0 Å². The molecule has 1 amide bonds. The lowest BCUT2D eigenvalue weighted by Gasteiger charge is -2.30. The summed E-state index contributed by atoms with van der Waals surface area (Å²) in [6.45, 7) is 1.76. The van der Waals surface area contributed by atoms with Gasteiger partial charge in [0.25, 0.3) is 5.91 Å². The summed E-state index contributed by atoms with van der Waals surface area (Å²) in [5.74, 6) is -4.58. The number of benzene rings is 1. The molecule has 3 nitrogen and oxygen atoms in total. The highest BCUT2D eigenvalue weighted by atomic mass is 79.9. The smallest absolute Gasteiger partial charge is 0.335 e. The van der Waals surface area contributed by atoms with E-state index in [9.17, 15) is 13.6 Å². The van der Waals surface area contributed by atoms with Gasteiger partial charge in [-0.15, -0.1) is 0 Å². The highest BCUT2D eigenvalue weighted by molar-refractivity contribution is 9.10. The third-order valence-electron chi connectivity index (χ3n) is 2.88. The van der Waals surface area contributed by atoms with Crippen LogP contribution in [0.5, 0.6) is 0 Å². The van der Waals surface area contributed by atoms with Crippen molar-refractivity contribution >= 4 is 21.8 Å². The Kier molecular flexibility index (Phi) is 3.97. The number of amides is 1. The van der Waals surface area contributed by atoms with Crippen LogP contribution in [-0.4, -0.2) is 37.0 Å². The number of piperazine rings is 1. The predicted molar refractivity (Wildman–Crippen MR) is 67.5 cm³/mol. The zero-order valence-corrected chi connectivity index (χ0v) is 11.2. The zero-order valence-electron chi connectivity index (χ0n) is 9.63. The Morgan fingerprint density at radius 2 is 1.78 bits per heavy atom. The van der Waals surface area contributed by atoms with Crippen LogP contribution in [0.25, 0.3) is 0 Å². The van der Waals surface area contributed by atoms with Crippen LogP contribution < -0.4 is 5.32 Å². The summed E-state index contributed by atoms with van der Waals surface area (Å²) in [5, 5.41) is 3.02. The summed E-state index contributed by atoms with van der Waals surface area (Å²) < 4.78 is 28.8. The fraction of sp³-hybridized carbons (Fsp3) is 0.417. The minimum absolute atomic E-state index is 0.269. The van der Waals surface area contributed by atoms with E-state index >= 15 is 0 Å². The number of hydrogen-bond acceptors (Lipinski definition) is 2. The Hall–Kier alpha value is -1.01. The van der Waals surface area contributed by atoms with Crippen molar-refractivity contribution in [2.75, 3.05) is 26.2 Å². The lowest BCUT2D eigenvalue weighted by atomic mass is 10.1. The van der Waals surface area contributed by atoms with Gasteiger partial charge in [0.15, 0.2) is 0 Å². The Bertz CT molecular complexity index is 430. The normalized spacial score (nSPS) is 16.7. The standard InChI is InChI=1S/C12H13BrF2N2O/c13-10-3-1-9(2-4-10)12(14,15)11(18)17-7-5-16-6-8-17/h1-4,16H,5-8H2. The molecule has 0 aliphatic carbocycles. The fourth-order valence-electron chi connectivity index (χ4n) is 1.85. The van der Waals surface area contributed by atoms with Crippen LogP contribution in [0, 0.1) is 0 Å². The molecule has 0 spiro atoms. The maximum atomic E-state index is 14.0. The van der Waals surface area contributed by atoms with Crippen molar-refractivity contribution in [2.45, 2.75) is 5.92 Å². The highest BCUT2D eigenvalue weighted by Crippen LogP contribution is 2.31. The lowest BCUT2D eigenvalue weighted by Crippen LogP contribution is -2.51. The van der Waals surface area contributed by atoms with Crippen LogP contribution in [0.4, 0.5) is 8.78 Å². The van der Waals surface area contributed by atoms with Crippen molar-refractivity contribution in [3.8, 4) is 0 Å². The van der Waals surface area contributed by atoms with Gasteiger partial charge in [-0.1, -0.05) is 28.1 Å². The second-order valence-electron chi connectivity index (χ2n) is 4.12. The van der Waals surface area contributed by atoms with Crippen molar-refractivity contribution in [1.82, 2.24) is 10.2 Å². The van der Waals surface area contributed by atoms with Gasteiger partial charge in [-0.05, 0) is 12.1 Å². The molecule has 1 aliphatic heterocycles. The molecule has 1 fully saturated rings. The molecule has 0 aromatic heterocycles. The van der Waals surface area contributed by atoms with Gasteiger partial charge in [0.2, 0.25) is 0 Å². The highest BCUT2D eigenvalue weighted by Gasteiger charge is 2.43. The summed E-state index contributed by atoms with van der Waals surface area (Å²) in [4.78, 5) is 13.0. The van der Waals surface area contributed by atoms with Crippen molar-refractivity contribution in [2.24, 2.45) is 0 Å². The first-order chi connectivity index (χ1) is 8.51. The first-order valence-electron chi connectivity index (χ1n) is 5.66. The summed E-state index contributed by atoms with van der Waals surface area (Å²) in [6.07, 6.45) is 0. The molecular weight excluding hydrogens is 306 g/mol. The van der Waals surface area contributed by atoms with Crippen LogP contribution in [-0.2, 0) is 10.7 Å². The van der Waals surface area contributed by atoms with E-state index in [0.717, 1.165) is 0 Å². The molecule has 1 N–H and O–H groups in total. The molecule has 0 atom stereocenters. The monoisotopic (exact) mass is 318 g/mol. The SMILES string of the molecule is O=C(N1CCNCC1)C(F)(F)c1ccc(Br)cc1. The number of rotatable bonds is 2. The molecule has 18 heavy (non-hydrogen) atoms. The van der Waals surface area contributed by atoms with Gasteiger partial charge in [0.1, 0.15) is 0 Å². The van der Waals surface area contributed by atoms with Gasteiger partial charge in [0, 0.05) is 36.2 Å². The summed E-state index contributed by atoms with van der Waals surface area (Å²) in [6, 6.07) is 5.55. The molecule has 6 heteroatoms. The first-order valence-corrected chi connectivity index (χ1v) is 6.45. The molecule has 0 bridgehead atoms. The minimum Gasteiger partial charge on any atom is -0.335 e. The number of nitrogens with one attached hydrogen (secondary N) is 1. The third kappa shape index (κ3) is 2.70. The maximum Gasteiger partial charge on any atom is 0.349 e.